The van der Waals surface area contributed by atoms with Crippen LogP contribution in [0.1, 0.15) is 12.6 Å². The first kappa shape index (κ1) is 16.1. The molecular weight excluding hydrogens is 328 g/mol. The maximum absolute atomic E-state index is 4.71. The quantitative estimate of drug-likeness (QED) is 0.592. The summed E-state index contributed by atoms with van der Waals surface area (Å²) in [7, 11) is 1.87. The molecule has 4 aromatic rings. The van der Waals surface area contributed by atoms with E-state index in [1.165, 1.54) is 0 Å². The Morgan fingerprint density at radius 3 is 2.73 bits per heavy atom. The van der Waals surface area contributed by atoms with Crippen molar-refractivity contribution in [2.24, 2.45) is 7.05 Å². The Balaban J connectivity index is 1.69. The van der Waals surface area contributed by atoms with Gasteiger partial charge in [0.05, 0.1) is 17.3 Å². The highest BCUT2D eigenvalue weighted by Crippen LogP contribution is 2.24. The molecule has 0 saturated carbocycles. The largest absolute Gasteiger partial charge is 0.366 e. The standard InChI is InChI=1S/C18H18N8/c1-12(8-14-10-20-6-7-21-14)23-17-15-11-22-26(2)18(15)25-16(24-17)13-4-3-5-19-9-13/h3-7,9-12H,8H2,1-2H3,(H,23,24,25)/t12-/m1/s1. The van der Waals surface area contributed by atoms with Gasteiger partial charge in [0.25, 0.3) is 0 Å². The van der Waals surface area contributed by atoms with Crippen LogP contribution in [0.2, 0.25) is 0 Å². The third kappa shape index (κ3) is 3.21. The molecule has 0 fully saturated rings. The van der Waals surface area contributed by atoms with Gasteiger partial charge in [0.1, 0.15) is 5.82 Å². The predicted molar refractivity (Wildman–Crippen MR) is 98.4 cm³/mol. The molecule has 4 heterocycles. The van der Waals surface area contributed by atoms with E-state index in [0.29, 0.717) is 5.82 Å². The minimum absolute atomic E-state index is 0.117. The highest BCUT2D eigenvalue weighted by Gasteiger charge is 2.15. The van der Waals surface area contributed by atoms with Gasteiger partial charge in [-0.3, -0.25) is 19.6 Å². The minimum Gasteiger partial charge on any atom is -0.366 e. The van der Waals surface area contributed by atoms with Crippen LogP contribution in [0.25, 0.3) is 22.4 Å². The number of rotatable bonds is 5. The van der Waals surface area contributed by atoms with Crippen molar-refractivity contribution in [2.45, 2.75) is 19.4 Å². The average molecular weight is 346 g/mol. The van der Waals surface area contributed by atoms with Crippen molar-refractivity contribution in [1.29, 1.82) is 0 Å². The van der Waals surface area contributed by atoms with E-state index in [1.54, 1.807) is 41.9 Å². The molecule has 0 aliphatic heterocycles. The number of anilines is 1. The molecule has 8 nitrogen and oxygen atoms in total. The van der Waals surface area contributed by atoms with Gasteiger partial charge in [-0.05, 0) is 19.1 Å². The second kappa shape index (κ2) is 6.83. The van der Waals surface area contributed by atoms with Crippen LogP contribution < -0.4 is 5.32 Å². The monoisotopic (exact) mass is 346 g/mol. The summed E-state index contributed by atoms with van der Waals surface area (Å²) in [6.07, 6.45) is 11.1. The molecule has 0 saturated heterocycles. The van der Waals surface area contributed by atoms with Gasteiger partial charge in [0.2, 0.25) is 0 Å². The van der Waals surface area contributed by atoms with Crippen LogP contribution in [0.15, 0.2) is 49.3 Å². The summed E-state index contributed by atoms with van der Waals surface area (Å²) in [5.41, 5.74) is 2.56. The normalized spacial score (nSPS) is 12.2. The smallest absolute Gasteiger partial charge is 0.165 e. The van der Waals surface area contributed by atoms with E-state index in [9.17, 15) is 0 Å². The Hall–Kier alpha value is -3.42. The lowest BCUT2D eigenvalue weighted by Crippen LogP contribution is -2.20. The van der Waals surface area contributed by atoms with Crippen LogP contribution in [-0.4, -0.2) is 40.7 Å². The first-order valence-corrected chi connectivity index (χ1v) is 8.32. The van der Waals surface area contributed by atoms with E-state index < -0.39 is 0 Å². The first-order valence-electron chi connectivity index (χ1n) is 8.32. The van der Waals surface area contributed by atoms with Gasteiger partial charge in [-0.2, -0.15) is 5.10 Å². The van der Waals surface area contributed by atoms with Crippen LogP contribution >= 0.6 is 0 Å². The van der Waals surface area contributed by atoms with Crippen LogP contribution in [0.5, 0.6) is 0 Å². The van der Waals surface area contributed by atoms with Gasteiger partial charge < -0.3 is 5.32 Å². The fourth-order valence-electron chi connectivity index (χ4n) is 2.79. The number of aromatic nitrogens is 7. The van der Waals surface area contributed by atoms with E-state index in [-0.39, 0.29) is 6.04 Å². The Morgan fingerprint density at radius 2 is 1.96 bits per heavy atom. The van der Waals surface area contributed by atoms with E-state index in [2.05, 4.69) is 37.3 Å². The lowest BCUT2D eigenvalue weighted by molar-refractivity contribution is 0.761. The summed E-state index contributed by atoms with van der Waals surface area (Å²) < 4.78 is 1.75. The van der Waals surface area contributed by atoms with E-state index >= 15 is 0 Å². The zero-order valence-corrected chi connectivity index (χ0v) is 14.5. The number of fused-ring (bicyclic) bond motifs is 1. The Morgan fingerprint density at radius 1 is 1.08 bits per heavy atom. The fraction of sp³-hybridized carbons (Fsp3) is 0.222. The number of nitrogens with zero attached hydrogens (tertiary/aromatic N) is 7. The fourth-order valence-corrected chi connectivity index (χ4v) is 2.79. The van der Waals surface area contributed by atoms with Crippen LogP contribution in [0.3, 0.4) is 0 Å². The molecule has 4 rings (SSSR count). The maximum atomic E-state index is 4.71. The summed E-state index contributed by atoms with van der Waals surface area (Å²) in [5, 5.41) is 8.66. The minimum atomic E-state index is 0.117. The Bertz CT molecular complexity index is 1010. The third-order valence-corrected chi connectivity index (χ3v) is 4.03. The lowest BCUT2D eigenvalue weighted by atomic mass is 10.2. The summed E-state index contributed by atoms with van der Waals surface area (Å²) in [5.74, 6) is 1.36. The predicted octanol–water partition coefficient (Wildman–Crippen LogP) is 2.26. The SMILES string of the molecule is C[C@H](Cc1cnccn1)Nc1nc(-c2cccnc2)nc2c1cnn2C. The van der Waals surface area contributed by atoms with E-state index in [4.69, 9.17) is 4.98 Å². The third-order valence-electron chi connectivity index (χ3n) is 4.03. The van der Waals surface area contributed by atoms with E-state index in [0.717, 1.165) is 34.5 Å². The molecule has 130 valence electrons. The van der Waals surface area contributed by atoms with Crippen LogP contribution in [-0.2, 0) is 13.5 Å². The molecule has 0 unspecified atom stereocenters. The van der Waals surface area contributed by atoms with Crippen molar-refractivity contribution in [3.8, 4) is 11.4 Å². The number of nitrogens with one attached hydrogen (secondary N) is 1. The second-order valence-electron chi connectivity index (χ2n) is 6.09. The van der Waals surface area contributed by atoms with Gasteiger partial charge in [-0.15, -0.1) is 0 Å². The van der Waals surface area contributed by atoms with Crippen molar-refractivity contribution < 1.29 is 0 Å². The highest BCUT2D eigenvalue weighted by atomic mass is 15.3. The molecule has 0 spiro atoms. The molecule has 0 bridgehead atoms. The molecular formula is C18H18N8. The highest BCUT2D eigenvalue weighted by molar-refractivity contribution is 5.88. The molecule has 4 aromatic heterocycles. The molecule has 0 aromatic carbocycles. The summed E-state index contributed by atoms with van der Waals surface area (Å²) in [4.78, 5) is 22.0. The lowest BCUT2D eigenvalue weighted by Gasteiger charge is -2.15. The average Bonchev–Trinajstić information content (AvgIpc) is 3.04. The van der Waals surface area contributed by atoms with Gasteiger partial charge in [0, 0.05) is 56.1 Å². The molecule has 0 aliphatic carbocycles. The Kier molecular flexibility index (Phi) is 4.22. The van der Waals surface area contributed by atoms with Crippen LogP contribution in [0.4, 0.5) is 5.82 Å². The van der Waals surface area contributed by atoms with Gasteiger partial charge in [-0.1, -0.05) is 0 Å². The number of hydrogen-bond acceptors (Lipinski definition) is 7. The van der Waals surface area contributed by atoms with Gasteiger partial charge >= 0.3 is 0 Å². The topological polar surface area (TPSA) is 94.3 Å². The van der Waals surface area contributed by atoms with Crippen molar-refractivity contribution in [3.05, 3.63) is 55.0 Å². The van der Waals surface area contributed by atoms with Crippen molar-refractivity contribution in [2.75, 3.05) is 5.32 Å². The molecule has 0 aliphatic rings. The summed E-state index contributed by atoms with van der Waals surface area (Å²) in [6.45, 7) is 2.09. The Labute approximate surface area is 150 Å². The van der Waals surface area contributed by atoms with E-state index in [1.807, 2.05) is 19.2 Å². The number of hydrogen-bond donors (Lipinski definition) is 1. The maximum Gasteiger partial charge on any atom is 0.165 e. The molecule has 26 heavy (non-hydrogen) atoms. The molecule has 1 N–H and O–H groups in total. The summed E-state index contributed by atoms with van der Waals surface area (Å²) in [6, 6.07) is 3.93. The van der Waals surface area contributed by atoms with Crippen LogP contribution in [0, 0.1) is 0 Å². The zero-order valence-electron chi connectivity index (χ0n) is 14.5. The van der Waals surface area contributed by atoms with Gasteiger partial charge in [-0.25, -0.2) is 9.97 Å². The molecule has 8 heteroatoms. The first-order chi connectivity index (χ1) is 12.7. The summed E-state index contributed by atoms with van der Waals surface area (Å²) >= 11 is 0. The van der Waals surface area contributed by atoms with Crippen molar-refractivity contribution in [3.63, 3.8) is 0 Å². The molecule has 0 amide bonds. The van der Waals surface area contributed by atoms with Gasteiger partial charge in [0.15, 0.2) is 11.5 Å². The molecule has 0 radical (unpaired) electrons. The second-order valence-corrected chi connectivity index (χ2v) is 6.09. The number of aryl methyl sites for hydroxylation is 1. The molecule has 1 atom stereocenters. The van der Waals surface area contributed by atoms with Crippen molar-refractivity contribution in [1.82, 2.24) is 34.7 Å². The van der Waals surface area contributed by atoms with Crippen molar-refractivity contribution >= 4 is 16.9 Å². The zero-order chi connectivity index (χ0) is 17.9. The number of pyridine rings is 1.